The van der Waals surface area contributed by atoms with Crippen LogP contribution in [-0.2, 0) is 18.4 Å². The van der Waals surface area contributed by atoms with Crippen molar-refractivity contribution < 1.29 is 21.4 Å². The summed E-state index contributed by atoms with van der Waals surface area (Å²) in [5.41, 5.74) is 0. The van der Waals surface area contributed by atoms with Gasteiger partial charge in [-0.25, -0.2) is 8.42 Å². The summed E-state index contributed by atoms with van der Waals surface area (Å²) in [6, 6.07) is 24.9. The van der Waals surface area contributed by atoms with Crippen molar-refractivity contribution in [2.24, 2.45) is 0 Å². The van der Waals surface area contributed by atoms with Crippen LogP contribution >= 0.6 is 53.2 Å². The Kier molecular flexibility index (Phi) is 9.32. The third kappa shape index (κ3) is 8.34. The summed E-state index contributed by atoms with van der Waals surface area (Å²) < 4.78 is 49.8. The SMILES string of the molecule is Brc1cccc2ccccc12.O=S(=O)(Cl)c1ccc(Br)c2ccccc12.O=S(=O)(O)Cl. The van der Waals surface area contributed by atoms with Gasteiger partial charge >= 0.3 is 9.33 Å². The molecule has 0 heterocycles. The van der Waals surface area contributed by atoms with E-state index in [9.17, 15) is 8.42 Å². The van der Waals surface area contributed by atoms with Gasteiger partial charge in [0.1, 0.15) is 0 Å². The maximum atomic E-state index is 11.3. The van der Waals surface area contributed by atoms with Gasteiger partial charge < -0.3 is 0 Å². The van der Waals surface area contributed by atoms with Crippen LogP contribution in [0.5, 0.6) is 0 Å². The molecule has 0 aliphatic rings. The highest BCUT2D eigenvalue weighted by molar-refractivity contribution is 9.11. The fourth-order valence-corrected chi connectivity index (χ4v) is 4.70. The summed E-state index contributed by atoms with van der Waals surface area (Å²) in [4.78, 5) is 0.142. The van der Waals surface area contributed by atoms with E-state index in [0.29, 0.717) is 5.39 Å². The number of hydrogen-bond donors (Lipinski definition) is 1. The Morgan fingerprint density at radius 1 is 0.613 bits per heavy atom. The van der Waals surface area contributed by atoms with Crippen molar-refractivity contribution in [3.05, 3.63) is 87.8 Å². The van der Waals surface area contributed by atoms with Gasteiger partial charge in [-0.3, -0.25) is 4.55 Å². The first kappa shape index (κ1) is 26.1. The molecule has 4 aromatic carbocycles. The van der Waals surface area contributed by atoms with Crippen molar-refractivity contribution in [3.63, 3.8) is 0 Å². The first-order valence-corrected chi connectivity index (χ1v) is 14.5. The lowest BCUT2D eigenvalue weighted by Crippen LogP contribution is -1.92. The van der Waals surface area contributed by atoms with Crippen molar-refractivity contribution in [1.82, 2.24) is 0 Å². The van der Waals surface area contributed by atoms with Crippen LogP contribution < -0.4 is 0 Å². The normalized spacial score (nSPS) is 11.3. The molecule has 0 saturated heterocycles. The van der Waals surface area contributed by atoms with Crippen molar-refractivity contribution in [2.45, 2.75) is 4.90 Å². The van der Waals surface area contributed by atoms with E-state index >= 15 is 0 Å². The maximum absolute atomic E-state index is 11.3. The predicted molar refractivity (Wildman–Crippen MR) is 134 cm³/mol. The fourth-order valence-electron chi connectivity index (χ4n) is 2.63. The summed E-state index contributed by atoms with van der Waals surface area (Å²) in [7, 11) is 1.52. The Balaban J connectivity index is 0.000000187. The standard InChI is InChI=1S/C10H6BrClO2S.C10H7Br.ClHO3S/c11-9-5-6-10(15(12,13)14)8-4-2-1-3-7(8)9;11-10-7-3-5-8-4-1-2-6-9(8)10;1-5(2,3)4/h1-6H;1-7H;(H,2,3,4). The number of hydrogen-bond acceptors (Lipinski definition) is 4. The van der Waals surface area contributed by atoms with Gasteiger partial charge in [-0.05, 0) is 34.4 Å². The van der Waals surface area contributed by atoms with E-state index in [1.807, 2.05) is 24.3 Å². The predicted octanol–water partition coefficient (Wildman–Crippen LogP) is 7.16. The Hall–Kier alpha value is -1.20. The molecule has 0 aromatic heterocycles. The van der Waals surface area contributed by atoms with E-state index in [0.717, 1.165) is 14.3 Å². The topological polar surface area (TPSA) is 88.5 Å². The molecule has 0 unspecified atom stereocenters. The minimum absolute atomic E-state index is 0.142. The van der Waals surface area contributed by atoms with E-state index in [1.54, 1.807) is 18.2 Å². The van der Waals surface area contributed by atoms with E-state index < -0.39 is 18.4 Å². The lowest BCUT2D eigenvalue weighted by atomic mass is 10.1. The van der Waals surface area contributed by atoms with E-state index in [-0.39, 0.29) is 4.90 Å². The lowest BCUT2D eigenvalue weighted by molar-refractivity contribution is 0.501. The van der Waals surface area contributed by atoms with Crippen molar-refractivity contribution in [1.29, 1.82) is 0 Å². The van der Waals surface area contributed by atoms with Crippen LogP contribution in [0.25, 0.3) is 21.5 Å². The first-order valence-electron chi connectivity index (χ1n) is 8.30. The minimum Gasteiger partial charge on any atom is -0.273 e. The Morgan fingerprint density at radius 2 is 1.06 bits per heavy atom. The minimum atomic E-state index is -4.19. The fraction of sp³-hybridized carbons (Fsp3) is 0. The molecule has 0 aliphatic heterocycles. The molecule has 4 aromatic rings. The number of benzene rings is 4. The molecule has 0 bridgehead atoms. The van der Waals surface area contributed by atoms with E-state index in [2.05, 4.69) is 72.9 Å². The van der Waals surface area contributed by atoms with Crippen molar-refractivity contribution in [2.75, 3.05) is 0 Å². The molecule has 4 rings (SSSR count). The zero-order chi connectivity index (χ0) is 23.2. The number of rotatable bonds is 1. The molecule has 5 nitrogen and oxygen atoms in total. The Morgan fingerprint density at radius 3 is 1.61 bits per heavy atom. The molecule has 0 spiro atoms. The molecule has 0 aliphatic carbocycles. The van der Waals surface area contributed by atoms with Gasteiger partial charge in [-0.15, -0.1) is 0 Å². The first-order chi connectivity index (χ1) is 14.4. The molecular formula is C20H14Br2Cl2O5S2. The van der Waals surface area contributed by atoms with Gasteiger partial charge in [-0.1, -0.05) is 92.5 Å². The lowest BCUT2D eigenvalue weighted by Gasteiger charge is -2.04. The molecule has 11 heteroatoms. The van der Waals surface area contributed by atoms with Gasteiger partial charge in [0.05, 0.1) is 4.90 Å². The molecule has 164 valence electrons. The molecule has 0 saturated carbocycles. The van der Waals surface area contributed by atoms with E-state index in [4.69, 9.17) is 23.7 Å². The molecule has 0 fully saturated rings. The monoisotopic (exact) mass is 626 g/mol. The third-order valence-corrected chi connectivity index (χ3v) is 6.59. The van der Waals surface area contributed by atoms with Gasteiger partial charge in [0.25, 0.3) is 9.05 Å². The summed E-state index contributed by atoms with van der Waals surface area (Å²) >= 11 is 6.86. The van der Waals surface area contributed by atoms with Crippen molar-refractivity contribution >= 4 is 93.2 Å². The average molecular weight is 629 g/mol. The average Bonchev–Trinajstić information content (AvgIpc) is 2.67. The van der Waals surface area contributed by atoms with Crippen LogP contribution in [-0.4, -0.2) is 21.4 Å². The second kappa shape index (κ2) is 11.1. The molecule has 31 heavy (non-hydrogen) atoms. The number of halogens is 4. The zero-order valence-electron chi connectivity index (χ0n) is 15.4. The summed E-state index contributed by atoms with van der Waals surface area (Å²) in [5.74, 6) is 0. The highest BCUT2D eigenvalue weighted by Crippen LogP contribution is 2.30. The second-order valence-corrected chi connectivity index (χ2v) is 12.1. The second-order valence-electron chi connectivity index (χ2n) is 5.90. The largest absolute Gasteiger partial charge is 0.353 e. The van der Waals surface area contributed by atoms with Gasteiger partial charge in [0, 0.05) is 35.7 Å². The van der Waals surface area contributed by atoms with Gasteiger partial charge in [0.15, 0.2) is 0 Å². The molecule has 1 N–H and O–H groups in total. The Labute approximate surface area is 205 Å². The van der Waals surface area contributed by atoms with Crippen LogP contribution in [0.1, 0.15) is 0 Å². The quantitative estimate of drug-likeness (QED) is 0.178. The molecule has 0 radical (unpaired) electrons. The van der Waals surface area contributed by atoms with Crippen molar-refractivity contribution in [3.8, 4) is 0 Å². The van der Waals surface area contributed by atoms with E-state index in [1.165, 1.54) is 16.8 Å². The third-order valence-electron chi connectivity index (χ3n) is 3.83. The van der Waals surface area contributed by atoms with Crippen LogP contribution in [0, 0.1) is 0 Å². The summed E-state index contributed by atoms with van der Waals surface area (Å²) in [5, 5.41) is 4.01. The maximum Gasteiger partial charge on any atom is 0.353 e. The summed E-state index contributed by atoms with van der Waals surface area (Å²) in [6.07, 6.45) is 0. The molecule has 0 amide bonds. The smallest absolute Gasteiger partial charge is 0.273 e. The van der Waals surface area contributed by atoms with Crippen LogP contribution in [0.15, 0.2) is 92.7 Å². The van der Waals surface area contributed by atoms with Gasteiger partial charge in [-0.2, -0.15) is 8.42 Å². The Bertz CT molecular complexity index is 1410. The zero-order valence-corrected chi connectivity index (χ0v) is 21.7. The summed E-state index contributed by atoms with van der Waals surface area (Å²) in [6.45, 7) is 0. The highest BCUT2D eigenvalue weighted by atomic mass is 79.9. The highest BCUT2D eigenvalue weighted by Gasteiger charge is 2.14. The number of fused-ring (bicyclic) bond motifs is 2. The van der Waals surface area contributed by atoms with Gasteiger partial charge in [0.2, 0.25) is 0 Å². The van der Waals surface area contributed by atoms with Crippen LogP contribution in [0.4, 0.5) is 0 Å². The van der Waals surface area contributed by atoms with Crippen LogP contribution in [0.3, 0.4) is 0 Å². The molecular weight excluding hydrogens is 615 g/mol. The van der Waals surface area contributed by atoms with Crippen LogP contribution in [0.2, 0.25) is 0 Å². The molecule has 0 atom stereocenters.